The molecule has 162 valence electrons. The molecule has 4 rings (SSSR count). The van der Waals surface area contributed by atoms with Crippen molar-refractivity contribution in [3.8, 4) is 22.7 Å². The summed E-state index contributed by atoms with van der Waals surface area (Å²) in [5.41, 5.74) is 4.14. The van der Waals surface area contributed by atoms with Gasteiger partial charge in [-0.2, -0.15) is 5.10 Å². The fourth-order valence-corrected chi connectivity index (χ4v) is 2.94. The summed E-state index contributed by atoms with van der Waals surface area (Å²) in [6.45, 7) is 2.01. The van der Waals surface area contributed by atoms with Gasteiger partial charge in [0.1, 0.15) is 5.75 Å². The number of hydrogen-bond acceptors (Lipinski definition) is 4. The molecule has 9 heteroatoms. The summed E-state index contributed by atoms with van der Waals surface area (Å²) in [6.07, 6.45) is 0.188. The maximum Gasteiger partial charge on any atom is 0.573 e. The van der Waals surface area contributed by atoms with Crippen molar-refractivity contribution in [3.05, 3.63) is 90.4 Å². The first-order chi connectivity index (χ1) is 15.3. The molecule has 2 aromatic heterocycles. The third kappa shape index (κ3) is 5.12. The van der Waals surface area contributed by atoms with Gasteiger partial charge in [0.2, 0.25) is 0 Å². The summed E-state index contributed by atoms with van der Waals surface area (Å²) < 4.78 is 42.2. The van der Waals surface area contributed by atoms with Crippen LogP contribution in [-0.2, 0) is 0 Å². The third-order valence-corrected chi connectivity index (χ3v) is 4.55. The SMILES string of the molecule is Cc1ccc(-n2cc(-c3ccc(C(=O)Nc4ccc(OC(F)(F)F)cc4)cn3)cn2)cc1. The molecule has 2 aromatic carbocycles. The summed E-state index contributed by atoms with van der Waals surface area (Å²) in [6, 6.07) is 16.1. The highest BCUT2D eigenvalue weighted by Gasteiger charge is 2.30. The Hall–Kier alpha value is -4.14. The lowest BCUT2D eigenvalue weighted by atomic mass is 10.2. The Balaban J connectivity index is 1.42. The summed E-state index contributed by atoms with van der Waals surface area (Å²) in [7, 11) is 0. The number of alkyl halides is 3. The summed E-state index contributed by atoms with van der Waals surface area (Å²) in [5, 5.41) is 6.96. The number of pyridine rings is 1. The number of amides is 1. The van der Waals surface area contributed by atoms with Crippen LogP contribution in [-0.4, -0.2) is 27.0 Å². The number of rotatable bonds is 5. The molecule has 0 radical (unpaired) electrons. The van der Waals surface area contributed by atoms with Crippen LogP contribution in [0.1, 0.15) is 15.9 Å². The molecule has 1 N–H and O–H groups in total. The van der Waals surface area contributed by atoms with Crippen LogP contribution in [0.2, 0.25) is 0 Å². The van der Waals surface area contributed by atoms with E-state index in [1.165, 1.54) is 18.3 Å². The van der Waals surface area contributed by atoms with Crippen LogP contribution in [0.25, 0.3) is 16.9 Å². The monoisotopic (exact) mass is 438 g/mol. The Kier molecular flexibility index (Phi) is 5.63. The van der Waals surface area contributed by atoms with E-state index in [9.17, 15) is 18.0 Å². The first-order valence-corrected chi connectivity index (χ1v) is 9.52. The lowest BCUT2D eigenvalue weighted by molar-refractivity contribution is -0.274. The Labute approximate surface area is 181 Å². The molecule has 1 amide bonds. The van der Waals surface area contributed by atoms with Crippen molar-refractivity contribution in [1.82, 2.24) is 14.8 Å². The van der Waals surface area contributed by atoms with Crippen LogP contribution < -0.4 is 10.1 Å². The van der Waals surface area contributed by atoms with Gasteiger partial charge in [-0.15, -0.1) is 13.2 Å². The molecule has 0 saturated heterocycles. The number of nitrogens with zero attached hydrogens (tertiary/aromatic N) is 3. The van der Waals surface area contributed by atoms with Gasteiger partial charge in [0, 0.05) is 23.6 Å². The molecule has 0 aliphatic heterocycles. The zero-order valence-electron chi connectivity index (χ0n) is 16.8. The van der Waals surface area contributed by atoms with Crippen molar-refractivity contribution in [2.24, 2.45) is 0 Å². The highest BCUT2D eigenvalue weighted by atomic mass is 19.4. The minimum atomic E-state index is -4.77. The van der Waals surface area contributed by atoms with E-state index in [1.807, 2.05) is 37.4 Å². The van der Waals surface area contributed by atoms with Crippen molar-refractivity contribution in [2.45, 2.75) is 13.3 Å². The van der Waals surface area contributed by atoms with Gasteiger partial charge >= 0.3 is 6.36 Å². The molecule has 0 aliphatic rings. The number of ether oxygens (including phenoxy) is 1. The minimum absolute atomic E-state index is 0.301. The Bertz CT molecular complexity index is 1220. The predicted molar refractivity (Wildman–Crippen MR) is 113 cm³/mol. The first-order valence-electron chi connectivity index (χ1n) is 9.52. The number of carbonyl (C=O) groups excluding carboxylic acids is 1. The summed E-state index contributed by atoms with van der Waals surface area (Å²) >= 11 is 0. The number of aryl methyl sites for hydroxylation is 1. The fourth-order valence-electron chi connectivity index (χ4n) is 2.94. The number of halogens is 3. The third-order valence-electron chi connectivity index (χ3n) is 4.55. The molecule has 4 aromatic rings. The molecule has 2 heterocycles. The molecule has 32 heavy (non-hydrogen) atoms. The highest BCUT2D eigenvalue weighted by molar-refractivity contribution is 6.04. The zero-order chi connectivity index (χ0) is 22.7. The molecule has 0 aliphatic carbocycles. The molecule has 0 unspecified atom stereocenters. The van der Waals surface area contributed by atoms with Gasteiger partial charge in [0.15, 0.2) is 0 Å². The summed E-state index contributed by atoms with van der Waals surface area (Å²) in [5.74, 6) is -0.809. The van der Waals surface area contributed by atoms with Crippen LogP contribution in [0.15, 0.2) is 79.3 Å². The normalized spacial score (nSPS) is 11.2. The van der Waals surface area contributed by atoms with Crippen LogP contribution in [0.4, 0.5) is 18.9 Å². The molecule has 6 nitrogen and oxygen atoms in total. The van der Waals surface area contributed by atoms with Gasteiger partial charge in [-0.25, -0.2) is 4.68 Å². The quantitative estimate of drug-likeness (QED) is 0.453. The van der Waals surface area contributed by atoms with E-state index in [-0.39, 0.29) is 5.75 Å². The molecule has 0 fully saturated rings. The molecule has 0 spiro atoms. The fraction of sp³-hybridized carbons (Fsp3) is 0.0870. The second kappa shape index (κ2) is 8.54. The number of aromatic nitrogens is 3. The van der Waals surface area contributed by atoms with E-state index in [2.05, 4.69) is 20.1 Å². The molecular formula is C23H17F3N4O2. The average Bonchev–Trinajstić information content (AvgIpc) is 3.25. The van der Waals surface area contributed by atoms with E-state index in [1.54, 1.807) is 23.0 Å². The highest BCUT2D eigenvalue weighted by Crippen LogP contribution is 2.24. The number of hydrogen-bond donors (Lipinski definition) is 1. The van der Waals surface area contributed by atoms with E-state index in [0.717, 1.165) is 28.9 Å². The second-order valence-electron chi connectivity index (χ2n) is 6.97. The lowest BCUT2D eigenvalue weighted by Gasteiger charge is -2.10. The topological polar surface area (TPSA) is 69.0 Å². The molecule has 0 saturated carbocycles. The van der Waals surface area contributed by atoms with Crippen molar-refractivity contribution >= 4 is 11.6 Å². The van der Waals surface area contributed by atoms with Gasteiger partial charge in [-0.1, -0.05) is 17.7 Å². The average molecular weight is 438 g/mol. The van der Waals surface area contributed by atoms with Crippen LogP contribution >= 0.6 is 0 Å². The van der Waals surface area contributed by atoms with E-state index < -0.39 is 12.3 Å². The minimum Gasteiger partial charge on any atom is -0.406 e. The second-order valence-corrected chi connectivity index (χ2v) is 6.97. The first kappa shape index (κ1) is 21.1. The van der Waals surface area contributed by atoms with Crippen LogP contribution in [0, 0.1) is 6.92 Å². The summed E-state index contributed by atoms with van der Waals surface area (Å²) in [4.78, 5) is 16.7. The molecular weight excluding hydrogens is 421 g/mol. The Morgan fingerprint density at radius 3 is 2.31 bits per heavy atom. The standard InChI is InChI=1S/C23H17F3N4O2/c1-15-2-7-19(8-3-15)30-14-17(13-28-30)21-11-4-16(12-27-21)22(31)29-18-5-9-20(10-6-18)32-23(24,25)26/h2-14H,1H3,(H,29,31). The van der Waals surface area contributed by atoms with E-state index >= 15 is 0 Å². The largest absolute Gasteiger partial charge is 0.573 e. The number of carbonyl (C=O) groups is 1. The molecule has 0 bridgehead atoms. The lowest BCUT2D eigenvalue weighted by Crippen LogP contribution is -2.17. The number of nitrogens with one attached hydrogen (secondary N) is 1. The van der Waals surface area contributed by atoms with Crippen molar-refractivity contribution in [2.75, 3.05) is 5.32 Å². The van der Waals surface area contributed by atoms with E-state index in [4.69, 9.17) is 0 Å². The van der Waals surface area contributed by atoms with Crippen LogP contribution in [0.5, 0.6) is 5.75 Å². The van der Waals surface area contributed by atoms with Crippen molar-refractivity contribution in [1.29, 1.82) is 0 Å². The van der Waals surface area contributed by atoms with Gasteiger partial charge in [-0.3, -0.25) is 9.78 Å². The number of benzene rings is 2. The van der Waals surface area contributed by atoms with Gasteiger partial charge in [0.25, 0.3) is 5.91 Å². The van der Waals surface area contributed by atoms with Gasteiger partial charge in [0.05, 0.1) is 23.1 Å². The maximum atomic E-state index is 12.4. The number of anilines is 1. The Morgan fingerprint density at radius 2 is 1.69 bits per heavy atom. The van der Waals surface area contributed by atoms with E-state index in [0.29, 0.717) is 16.9 Å². The molecule has 0 atom stereocenters. The van der Waals surface area contributed by atoms with Crippen molar-refractivity contribution < 1.29 is 22.7 Å². The van der Waals surface area contributed by atoms with Gasteiger partial charge < -0.3 is 10.1 Å². The Morgan fingerprint density at radius 1 is 0.969 bits per heavy atom. The van der Waals surface area contributed by atoms with Gasteiger partial charge in [-0.05, 0) is 55.5 Å². The zero-order valence-corrected chi connectivity index (χ0v) is 16.8. The maximum absolute atomic E-state index is 12.4. The predicted octanol–water partition coefficient (Wildman–Crippen LogP) is 5.39. The smallest absolute Gasteiger partial charge is 0.406 e. The van der Waals surface area contributed by atoms with Crippen molar-refractivity contribution in [3.63, 3.8) is 0 Å². The van der Waals surface area contributed by atoms with Crippen LogP contribution in [0.3, 0.4) is 0 Å².